The molecule has 11 heteroatoms. The maximum absolute atomic E-state index is 14.5. The van der Waals surface area contributed by atoms with Crippen molar-refractivity contribution in [1.29, 1.82) is 0 Å². The topological polar surface area (TPSA) is 112 Å². The summed E-state index contributed by atoms with van der Waals surface area (Å²) >= 11 is 0. The third kappa shape index (κ3) is 3.43. The largest absolute Gasteiger partial charge is 0.474 e. The van der Waals surface area contributed by atoms with Crippen LogP contribution >= 0.6 is 0 Å². The second-order valence-electron chi connectivity index (χ2n) is 6.45. The lowest BCUT2D eigenvalue weighted by atomic mass is 10.1. The molecule has 1 saturated heterocycles. The van der Waals surface area contributed by atoms with Gasteiger partial charge in [0.1, 0.15) is 22.6 Å². The lowest BCUT2D eigenvalue weighted by Crippen LogP contribution is -2.34. The number of ether oxygens (including phenoxy) is 1. The molecule has 148 valence electrons. The van der Waals surface area contributed by atoms with Crippen molar-refractivity contribution in [1.82, 2.24) is 19.9 Å². The number of benzene rings is 1. The first-order valence-electron chi connectivity index (χ1n) is 8.57. The van der Waals surface area contributed by atoms with Crippen LogP contribution in [-0.2, 0) is 10.0 Å². The molecule has 1 aliphatic heterocycles. The van der Waals surface area contributed by atoms with Gasteiger partial charge < -0.3 is 10.1 Å². The van der Waals surface area contributed by atoms with Crippen LogP contribution < -0.4 is 15.2 Å². The number of sulfonamides is 1. The van der Waals surface area contributed by atoms with Gasteiger partial charge in [-0.1, -0.05) is 0 Å². The van der Waals surface area contributed by atoms with Gasteiger partial charge in [-0.15, -0.1) is 0 Å². The van der Waals surface area contributed by atoms with Crippen molar-refractivity contribution >= 4 is 15.7 Å². The van der Waals surface area contributed by atoms with Gasteiger partial charge in [0.15, 0.2) is 5.65 Å². The molecule has 1 aliphatic rings. The molecule has 1 fully saturated rings. The summed E-state index contributed by atoms with van der Waals surface area (Å²) in [7, 11) is -4.38. The minimum Gasteiger partial charge on any atom is -0.474 e. The van der Waals surface area contributed by atoms with Crippen LogP contribution in [0.25, 0.3) is 16.8 Å². The summed E-state index contributed by atoms with van der Waals surface area (Å²) in [6.45, 7) is 1.70. The Morgan fingerprint density at radius 3 is 2.64 bits per heavy atom. The summed E-state index contributed by atoms with van der Waals surface area (Å²) in [6.07, 6.45) is 4.51. The van der Waals surface area contributed by atoms with Crippen molar-refractivity contribution in [2.24, 2.45) is 5.14 Å². The van der Waals surface area contributed by atoms with Crippen molar-refractivity contribution in [3.05, 3.63) is 42.2 Å². The predicted octanol–water partition coefficient (Wildman–Crippen LogP) is 1.45. The van der Waals surface area contributed by atoms with Gasteiger partial charge >= 0.3 is 0 Å². The van der Waals surface area contributed by atoms with Gasteiger partial charge in [0.05, 0.1) is 6.20 Å². The highest BCUT2D eigenvalue weighted by molar-refractivity contribution is 7.89. The van der Waals surface area contributed by atoms with E-state index >= 15 is 0 Å². The molecule has 1 aromatic carbocycles. The summed E-state index contributed by atoms with van der Waals surface area (Å²) in [6, 6.07) is 2.97. The van der Waals surface area contributed by atoms with Crippen LogP contribution in [0.1, 0.15) is 12.8 Å². The Morgan fingerprint density at radius 2 is 1.93 bits per heavy atom. The first-order valence-corrected chi connectivity index (χ1v) is 10.1. The highest BCUT2D eigenvalue weighted by Crippen LogP contribution is 2.31. The Kier molecular flexibility index (Phi) is 4.73. The van der Waals surface area contributed by atoms with E-state index in [0.717, 1.165) is 32.0 Å². The normalized spacial score (nSPS) is 15.8. The average molecular weight is 409 g/mol. The molecule has 3 heterocycles. The Bertz CT molecular complexity index is 1140. The molecular weight excluding hydrogens is 392 g/mol. The summed E-state index contributed by atoms with van der Waals surface area (Å²) in [5.41, 5.74) is 0.285. The Morgan fingerprint density at radius 1 is 1.18 bits per heavy atom. The molecule has 3 N–H and O–H groups in total. The van der Waals surface area contributed by atoms with Crippen molar-refractivity contribution in [3.63, 3.8) is 0 Å². The lowest BCUT2D eigenvalue weighted by molar-refractivity contribution is 0.152. The molecule has 0 unspecified atom stereocenters. The summed E-state index contributed by atoms with van der Waals surface area (Å²) in [5, 5.41) is 12.3. The van der Waals surface area contributed by atoms with E-state index in [0.29, 0.717) is 11.9 Å². The van der Waals surface area contributed by atoms with Crippen LogP contribution in [0.5, 0.6) is 5.88 Å². The number of halogens is 2. The average Bonchev–Trinajstić information content (AvgIpc) is 3.08. The van der Waals surface area contributed by atoms with Crippen LogP contribution in [0.3, 0.4) is 0 Å². The van der Waals surface area contributed by atoms with E-state index in [4.69, 9.17) is 9.88 Å². The summed E-state index contributed by atoms with van der Waals surface area (Å²) in [4.78, 5) is 3.28. The van der Waals surface area contributed by atoms with Crippen molar-refractivity contribution in [2.75, 3.05) is 13.1 Å². The molecular formula is C17H17F2N5O3S. The number of rotatable bonds is 4. The Labute approximate surface area is 159 Å². The molecule has 3 aromatic rings. The Hall–Kier alpha value is -2.63. The highest BCUT2D eigenvalue weighted by Gasteiger charge is 2.22. The minimum atomic E-state index is -4.38. The van der Waals surface area contributed by atoms with E-state index in [1.807, 2.05) is 0 Å². The number of hydrogen-bond acceptors (Lipinski definition) is 6. The van der Waals surface area contributed by atoms with Gasteiger partial charge in [-0.3, -0.25) is 0 Å². The standard InChI is InChI=1S/C17H17F2N5O3S/c18-13-8-15(28(20,25)26)14(19)7-11(13)12-9-23-24-16(3-6-22-17(12)24)27-10-1-4-21-5-2-10/h3,6-10,21H,1-2,4-5H2,(H2,20,25,26). The number of nitrogens with two attached hydrogens (primary N) is 1. The zero-order valence-electron chi connectivity index (χ0n) is 14.6. The fourth-order valence-corrected chi connectivity index (χ4v) is 3.78. The van der Waals surface area contributed by atoms with Gasteiger partial charge in [0, 0.05) is 23.4 Å². The van der Waals surface area contributed by atoms with E-state index in [1.54, 1.807) is 6.07 Å². The molecule has 4 rings (SSSR count). The maximum atomic E-state index is 14.5. The third-order valence-electron chi connectivity index (χ3n) is 4.56. The van der Waals surface area contributed by atoms with Crippen molar-refractivity contribution < 1.29 is 21.9 Å². The smallest absolute Gasteiger partial charge is 0.241 e. The molecule has 0 atom stereocenters. The number of piperidine rings is 1. The second kappa shape index (κ2) is 7.08. The molecule has 0 spiro atoms. The molecule has 28 heavy (non-hydrogen) atoms. The van der Waals surface area contributed by atoms with E-state index in [2.05, 4.69) is 15.4 Å². The highest BCUT2D eigenvalue weighted by atomic mass is 32.2. The summed E-state index contributed by atoms with van der Waals surface area (Å²) in [5.74, 6) is -1.67. The number of hydrogen-bond donors (Lipinski definition) is 2. The predicted molar refractivity (Wildman–Crippen MR) is 96.2 cm³/mol. The molecule has 2 aromatic heterocycles. The molecule has 0 radical (unpaired) electrons. The molecule has 0 bridgehead atoms. The maximum Gasteiger partial charge on any atom is 0.241 e. The molecule has 0 aliphatic carbocycles. The van der Waals surface area contributed by atoms with Gasteiger partial charge in [0.25, 0.3) is 0 Å². The SMILES string of the molecule is NS(=O)(=O)c1cc(F)c(-c2cnn3c(OC4CCNCC4)ccnc23)cc1F. The first-order chi connectivity index (χ1) is 13.3. The van der Waals surface area contributed by atoms with Gasteiger partial charge in [0.2, 0.25) is 15.9 Å². The van der Waals surface area contributed by atoms with E-state index in [1.165, 1.54) is 16.9 Å². The van der Waals surface area contributed by atoms with Crippen molar-refractivity contribution in [2.45, 2.75) is 23.8 Å². The number of fused-ring (bicyclic) bond motifs is 1. The number of nitrogens with zero attached hydrogens (tertiary/aromatic N) is 3. The number of primary sulfonamides is 1. The van der Waals surface area contributed by atoms with Crippen molar-refractivity contribution in [3.8, 4) is 17.0 Å². The van der Waals surface area contributed by atoms with E-state index in [-0.39, 0.29) is 22.9 Å². The molecule has 0 amide bonds. The van der Waals surface area contributed by atoms with Gasteiger partial charge in [-0.25, -0.2) is 27.3 Å². The van der Waals surface area contributed by atoms with E-state index < -0.39 is 26.6 Å². The quantitative estimate of drug-likeness (QED) is 0.675. The second-order valence-corrected chi connectivity index (χ2v) is 7.98. The van der Waals surface area contributed by atoms with E-state index in [9.17, 15) is 17.2 Å². The van der Waals surface area contributed by atoms with Crippen LogP contribution in [0, 0.1) is 11.6 Å². The fourth-order valence-electron chi connectivity index (χ4n) is 3.19. The van der Waals surface area contributed by atoms with Crippen LogP contribution in [0.4, 0.5) is 8.78 Å². The summed E-state index contributed by atoms with van der Waals surface area (Å²) < 4.78 is 58.9. The first kappa shape index (κ1) is 18.7. The number of aromatic nitrogens is 3. The molecule has 8 nitrogen and oxygen atoms in total. The van der Waals surface area contributed by atoms with Crippen LogP contribution in [0.15, 0.2) is 35.5 Å². The number of nitrogens with one attached hydrogen (secondary N) is 1. The Balaban J connectivity index is 1.76. The van der Waals surface area contributed by atoms with Crippen LogP contribution in [-0.4, -0.2) is 42.2 Å². The minimum absolute atomic E-state index is 0.0164. The zero-order chi connectivity index (χ0) is 19.9. The molecule has 0 saturated carbocycles. The lowest BCUT2D eigenvalue weighted by Gasteiger charge is -2.23. The zero-order valence-corrected chi connectivity index (χ0v) is 15.4. The monoisotopic (exact) mass is 409 g/mol. The fraction of sp³-hybridized carbons (Fsp3) is 0.294. The van der Waals surface area contributed by atoms with Gasteiger partial charge in [-0.2, -0.15) is 9.61 Å². The third-order valence-corrected chi connectivity index (χ3v) is 5.48. The van der Waals surface area contributed by atoms with Crippen LogP contribution in [0.2, 0.25) is 0 Å². The van der Waals surface area contributed by atoms with Gasteiger partial charge in [-0.05, 0) is 38.1 Å².